The van der Waals surface area contributed by atoms with Crippen LogP contribution in [0.2, 0.25) is 0 Å². The Balaban J connectivity index is 2.14. The second-order valence-electron chi connectivity index (χ2n) is 2.31. The summed E-state index contributed by atoms with van der Waals surface area (Å²) >= 11 is 0. The highest BCUT2D eigenvalue weighted by Crippen LogP contribution is 1.86. The maximum Gasteiger partial charge on any atom is 0.138 e. The van der Waals surface area contributed by atoms with Crippen LogP contribution in [0, 0.1) is 0 Å². The van der Waals surface area contributed by atoms with Gasteiger partial charge >= 0.3 is 0 Å². The maximum atomic E-state index is 8.75. The van der Waals surface area contributed by atoms with Gasteiger partial charge in [-0.3, -0.25) is 0 Å². The first-order valence-corrected chi connectivity index (χ1v) is 3.40. The van der Waals surface area contributed by atoms with Crippen LogP contribution in [0.1, 0.15) is 6.42 Å². The van der Waals surface area contributed by atoms with Gasteiger partial charge in [0.25, 0.3) is 0 Å². The van der Waals surface area contributed by atoms with Crippen LogP contribution in [0.25, 0.3) is 0 Å². The third-order valence-corrected chi connectivity index (χ3v) is 1.26. The molecule has 1 heterocycles. The van der Waals surface area contributed by atoms with Gasteiger partial charge in [0.2, 0.25) is 0 Å². The quantitative estimate of drug-likeness (QED) is 0.590. The van der Waals surface area contributed by atoms with Crippen molar-refractivity contribution < 1.29 is 5.21 Å². The first-order chi connectivity index (χ1) is 5.29. The maximum absolute atomic E-state index is 8.75. The number of aryl methyl sites for hydroxylation is 1. The Hall–Kier alpha value is -1.01. The van der Waals surface area contributed by atoms with E-state index in [1.165, 1.54) is 0 Å². The SMILES string of the molecule is CN(O)CCCn1cnnn1. The van der Waals surface area contributed by atoms with E-state index in [9.17, 15) is 0 Å². The molecule has 0 aromatic carbocycles. The van der Waals surface area contributed by atoms with E-state index in [1.54, 1.807) is 18.1 Å². The Labute approximate surface area is 64.4 Å². The zero-order chi connectivity index (χ0) is 8.10. The Morgan fingerprint density at radius 3 is 3.00 bits per heavy atom. The fourth-order valence-corrected chi connectivity index (χ4v) is 0.744. The lowest BCUT2D eigenvalue weighted by atomic mass is 10.4. The molecule has 0 aliphatic carbocycles. The molecule has 6 nitrogen and oxygen atoms in total. The van der Waals surface area contributed by atoms with Gasteiger partial charge in [0.05, 0.1) is 0 Å². The summed E-state index contributed by atoms with van der Waals surface area (Å²) in [6.07, 6.45) is 2.38. The highest BCUT2D eigenvalue weighted by Gasteiger charge is 1.94. The third-order valence-electron chi connectivity index (χ3n) is 1.26. The number of rotatable bonds is 4. The van der Waals surface area contributed by atoms with Crippen LogP contribution in [0.15, 0.2) is 6.33 Å². The van der Waals surface area contributed by atoms with E-state index in [1.807, 2.05) is 0 Å². The largest absolute Gasteiger partial charge is 0.314 e. The lowest BCUT2D eigenvalue weighted by Gasteiger charge is -2.05. The zero-order valence-electron chi connectivity index (χ0n) is 6.38. The third kappa shape index (κ3) is 3.06. The summed E-state index contributed by atoms with van der Waals surface area (Å²) in [5, 5.41) is 20.5. The lowest BCUT2D eigenvalue weighted by molar-refractivity contribution is -0.0660. The van der Waals surface area contributed by atoms with Crippen molar-refractivity contribution in [3.8, 4) is 0 Å². The van der Waals surface area contributed by atoms with E-state index in [-0.39, 0.29) is 0 Å². The number of hydrogen-bond donors (Lipinski definition) is 1. The van der Waals surface area contributed by atoms with Crippen LogP contribution in [0.4, 0.5) is 0 Å². The van der Waals surface area contributed by atoms with Crippen molar-refractivity contribution in [1.82, 2.24) is 25.3 Å². The first kappa shape index (κ1) is 8.09. The molecule has 1 N–H and O–H groups in total. The van der Waals surface area contributed by atoms with E-state index in [0.717, 1.165) is 18.0 Å². The van der Waals surface area contributed by atoms with Crippen LogP contribution in [-0.4, -0.2) is 44.1 Å². The lowest BCUT2D eigenvalue weighted by Crippen LogP contribution is -2.16. The van der Waals surface area contributed by atoms with Crippen LogP contribution in [0.3, 0.4) is 0 Å². The van der Waals surface area contributed by atoms with E-state index in [2.05, 4.69) is 15.5 Å². The fourth-order valence-electron chi connectivity index (χ4n) is 0.744. The molecule has 0 amide bonds. The zero-order valence-corrected chi connectivity index (χ0v) is 6.38. The number of hydrogen-bond acceptors (Lipinski definition) is 5. The second-order valence-corrected chi connectivity index (χ2v) is 2.31. The number of nitrogens with zero attached hydrogens (tertiary/aromatic N) is 5. The van der Waals surface area contributed by atoms with Crippen molar-refractivity contribution in [1.29, 1.82) is 0 Å². The Bertz CT molecular complexity index is 185. The van der Waals surface area contributed by atoms with E-state index >= 15 is 0 Å². The monoisotopic (exact) mass is 157 g/mol. The highest BCUT2D eigenvalue weighted by atomic mass is 16.5. The minimum Gasteiger partial charge on any atom is -0.314 e. The number of tetrazole rings is 1. The summed E-state index contributed by atoms with van der Waals surface area (Å²) in [4.78, 5) is 0. The topological polar surface area (TPSA) is 67.1 Å². The summed E-state index contributed by atoms with van der Waals surface area (Å²) in [6.45, 7) is 1.36. The van der Waals surface area contributed by atoms with Gasteiger partial charge in [-0.1, -0.05) is 0 Å². The molecule has 0 bridgehead atoms. The van der Waals surface area contributed by atoms with Crippen LogP contribution >= 0.6 is 0 Å². The van der Waals surface area contributed by atoms with E-state index < -0.39 is 0 Å². The molecule has 62 valence electrons. The van der Waals surface area contributed by atoms with Crippen LogP contribution < -0.4 is 0 Å². The van der Waals surface area contributed by atoms with Gasteiger partial charge in [0, 0.05) is 20.1 Å². The molecule has 1 aromatic heterocycles. The molecule has 0 aliphatic heterocycles. The molecule has 0 fully saturated rings. The second kappa shape index (κ2) is 3.99. The van der Waals surface area contributed by atoms with Crippen molar-refractivity contribution >= 4 is 0 Å². The molecule has 1 aromatic rings. The molecule has 0 spiro atoms. The van der Waals surface area contributed by atoms with Crippen LogP contribution in [-0.2, 0) is 6.54 Å². The number of aromatic nitrogens is 4. The summed E-state index contributed by atoms with van der Waals surface area (Å²) in [5.74, 6) is 0. The molecular weight excluding hydrogens is 146 g/mol. The average Bonchev–Trinajstić information content (AvgIpc) is 2.39. The molecule has 6 heteroatoms. The van der Waals surface area contributed by atoms with Gasteiger partial charge in [-0.2, -0.15) is 5.06 Å². The molecule has 0 aliphatic rings. The Morgan fingerprint density at radius 2 is 2.45 bits per heavy atom. The molecule has 1 rings (SSSR count). The Kier molecular flexibility index (Phi) is 2.94. The van der Waals surface area contributed by atoms with Gasteiger partial charge in [0.1, 0.15) is 6.33 Å². The van der Waals surface area contributed by atoms with Gasteiger partial charge in [-0.25, -0.2) is 4.68 Å². The van der Waals surface area contributed by atoms with Gasteiger partial charge < -0.3 is 5.21 Å². The van der Waals surface area contributed by atoms with Gasteiger partial charge in [0.15, 0.2) is 0 Å². The molecule has 11 heavy (non-hydrogen) atoms. The van der Waals surface area contributed by atoms with Crippen molar-refractivity contribution in [2.45, 2.75) is 13.0 Å². The molecular formula is C5H11N5O. The van der Waals surface area contributed by atoms with Crippen molar-refractivity contribution in [2.24, 2.45) is 0 Å². The van der Waals surface area contributed by atoms with Gasteiger partial charge in [-0.15, -0.1) is 5.10 Å². The average molecular weight is 157 g/mol. The standard InChI is InChI=1S/C5H11N5O/c1-9(11)3-2-4-10-5-6-7-8-10/h5,11H,2-4H2,1H3. The minimum atomic E-state index is 0.625. The fraction of sp³-hybridized carbons (Fsp3) is 0.800. The predicted octanol–water partition coefficient (Wildman–Crippen LogP) is -0.616. The van der Waals surface area contributed by atoms with Crippen LogP contribution in [0.5, 0.6) is 0 Å². The van der Waals surface area contributed by atoms with E-state index in [4.69, 9.17) is 5.21 Å². The van der Waals surface area contributed by atoms with Gasteiger partial charge in [-0.05, 0) is 16.8 Å². The molecule has 0 radical (unpaired) electrons. The summed E-state index contributed by atoms with van der Waals surface area (Å²) < 4.78 is 1.63. The smallest absolute Gasteiger partial charge is 0.138 e. The van der Waals surface area contributed by atoms with Crippen molar-refractivity contribution in [3.05, 3.63) is 6.33 Å². The summed E-state index contributed by atoms with van der Waals surface area (Å²) in [7, 11) is 1.61. The molecule has 0 saturated heterocycles. The molecule has 0 unspecified atom stereocenters. The summed E-state index contributed by atoms with van der Waals surface area (Å²) in [5.41, 5.74) is 0. The minimum absolute atomic E-state index is 0.625. The highest BCUT2D eigenvalue weighted by molar-refractivity contribution is 4.47. The summed E-state index contributed by atoms with van der Waals surface area (Å²) in [6, 6.07) is 0. The first-order valence-electron chi connectivity index (χ1n) is 3.40. The van der Waals surface area contributed by atoms with E-state index in [0.29, 0.717) is 6.54 Å². The van der Waals surface area contributed by atoms with Crippen molar-refractivity contribution in [3.63, 3.8) is 0 Å². The van der Waals surface area contributed by atoms with Crippen molar-refractivity contribution in [2.75, 3.05) is 13.6 Å². The number of hydroxylamine groups is 2. The predicted molar refractivity (Wildman–Crippen MR) is 36.9 cm³/mol. The normalized spacial score (nSPS) is 10.8. The molecule has 0 saturated carbocycles. The Morgan fingerprint density at radius 1 is 1.64 bits per heavy atom. The molecule has 0 atom stereocenters.